The predicted molar refractivity (Wildman–Crippen MR) is 126 cm³/mol. The summed E-state index contributed by atoms with van der Waals surface area (Å²) in [6, 6.07) is 11.6. The van der Waals surface area contributed by atoms with Crippen LogP contribution in [0.25, 0.3) is 0 Å². The van der Waals surface area contributed by atoms with Crippen LogP contribution in [0.5, 0.6) is 11.5 Å². The van der Waals surface area contributed by atoms with Gasteiger partial charge in [-0.2, -0.15) is 5.10 Å². The fourth-order valence-electron chi connectivity index (χ4n) is 4.89. The van der Waals surface area contributed by atoms with Crippen LogP contribution in [-0.2, 0) is 14.3 Å². The molecule has 1 fully saturated rings. The van der Waals surface area contributed by atoms with Crippen LogP contribution in [0.1, 0.15) is 43.4 Å². The molecule has 0 aromatic heterocycles. The van der Waals surface area contributed by atoms with Crippen LogP contribution in [0.15, 0.2) is 47.6 Å². The quantitative estimate of drug-likeness (QED) is 0.588. The summed E-state index contributed by atoms with van der Waals surface area (Å²) < 4.78 is 30.7. The molecule has 0 N–H and O–H groups in total. The van der Waals surface area contributed by atoms with Crippen molar-refractivity contribution in [3.05, 3.63) is 59.4 Å². The average Bonchev–Trinajstić information content (AvgIpc) is 3.51. The van der Waals surface area contributed by atoms with Crippen LogP contribution >= 0.6 is 0 Å². The van der Waals surface area contributed by atoms with E-state index in [0.29, 0.717) is 48.9 Å². The summed E-state index contributed by atoms with van der Waals surface area (Å²) in [6.45, 7) is 3.58. The standard InChI is InChI=1S/C26H28FN3O5/c1-2-33-26(32)18-6-5-11-29(14-18)15-25(31)30-22(17-9-10-23-24(12-17)35-16-34-23)13-21(28-30)19-7-3-4-8-20(19)27/h3-4,7-10,12,18,22H,2,5-6,11,13-16H2,1H3/t18-,22+/m1/s1. The molecule has 184 valence electrons. The molecular formula is C26H28FN3O5. The minimum atomic E-state index is -0.405. The van der Waals surface area contributed by atoms with Gasteiger partial charge in [0.15, 0.2) is 11.5 Å². The van der Waals surface area contributed by atoms with Crippen molar-refractivity contribution in [1.29, 1.82) is 0 Å². The van der Waals surface area contributed by atoms with Gasteiger partial charge >= 0.3 is 5.97 Å². The van der Waals surface area contributed by atoms with E-state index in [2.05, 4.69) is 5.10 Å². The largest absolute Gasteiger partial charge is 0.466 e. The highest BCUT2D eigenvalue weighted by atomic mass is 19.1. The van der Waals surface area contributed by atoms with Crippen LogP contribution in [-0.4, -0.2) is 60.5 Å². The van der Waals surface area contributed by atoms with Gasteiger partial charge in [0.25, 0.3) is 5.91 Å². The summed E-state index contributed by atoms with van der Waals surface area (Å²) in [6.07, 6.45) is 1.94. The van der Waals surface area contributed by atoms with Gasteiger partial charge in [0.1, 0.15) is 5.82 Å². The molecule has 0 saturated carbocycles. The van der Waals surface area contributed by atoms with E-state index in [1.165, 1.54) is 11.1 Å². The van der Waals surface area contributed by atoms with Gasteiger partial charge in [-0.3, -0.25) is 14.5 Å². The number of likely N-dealkylation sites (tertiary alicyclic amines) is 1. The maximum atomic E-state index is 14.6. The highest BCUT2D eigenvalue weighted by Crippen LogP contribution is 2.39. The van der Waals surface area contributed by atoms with E-state index in [1.807, 2.05) is 23.1 Å². The van der Waals surface area contributed by atoms with E-state index in [9.17, 15) is 14.0 Å². The molecule has 2 atom stereocenters. The van der Waals surface area contributed by atoms with E-state index in [-0.39, 0.29) is 36.9 Å². The average molecular weight is 482 g/mol. The maximum absolute atomic E-state index is 14.6. The van der Waals surface area contributed by atoms with Crippen molar-refractivity contribution >= 4 is 17.6 Å². The Balaban J connectivity index is 1.38. The Morgan fingerprint density at radius 1 is 1.17 bits per heavy atom. The molecule has 1 saturated heterocycles. The zero-order chi connectivity index (χ0) is 24.4. The number of hydrogen-bond acceptors (Lipinski definition) is 7. The van der Waals surface area contributed by atoms with Crippen LogP contribution in [0.2, 0.25) is 0 Å². The molecule has 9 heteroatoms. The van der Waals surface area contributed by atoms with Crippen molar-refractivity contribution in [3.63, 3.8) is 0 Å². The number of amides is 1. The molecular weight excluding hydrogens is 453 g/mol. The van der Waals surface area contributed by atoms with Crippen molar-refractivity contribution in [2.24, 2.45) is 11.0 Å². The third kappa shape index (κ3) is 4.86. The van der Waals surface area contributed by atoms with Crippen LogP contribution in [0.4, 0.5) is 4.39 Å². The van der Waals surface area contributed by atoms with Crippen molar-refractivity contribution in [3.8, 4) is 11.5 Å². The predicted octanol–water partition coefficient (Wildman–Crippen LogP) is 3.51. The second-order valence-corrected chi connectivity index (χ2v) is 8.92. The Bertz CT molecular complexity index is 1150. The number of carbonyl (C=O) groups excluding carboxylic acids is 2. The van der Waals surface area contributed by atoms with Gasteiger partial charge in [-0.05, 0) is 50.1 Å². The molecule has 5 rings (SSSR count). The zero-order valence-corrected chi connectivity index (χ0v) is 19.6. The minimum absolute atomic E-state index is 0.116. The number of fused-ring (bicyclic) bond motifs is 1. The smallest absolute Gasteiger partial charge is 0.310 e. The van der Waals surface area contributed by atoms with Crippen molar-refractivity contribution < 1.29 is 28.2 Å². The Labute approximate surface area is 203 Å². The Morgan fingerprint density at radius 3 is 2.83 bits per heavy atom. The number of ether oxygens (including phenoxy) is 3. The van der Waals surface area contributed by atoms with Gasteiger partial charge in [-0.25, -0.2) is 9.40 Å². The summed E-state index contributed by atoms with van der Waals surface area (Å²) in [5.74, 6) is 0.226. The highest BCUT2D eigenvalue weighted by molar-refractivity contribution is 6.03. The summed E-state index contributed by atoms with van der Waals surface area (Å²) in [5.41, 5.74) is 1.73. The molecule has 0 aliphatic carbocycles. The number of esters is 1. The lowest BCUT2D eigenvalue weighted by atomic mass is 9.97. The van der Waals surface area contributed by atoms with Gasteiger partial charge in [-0.15, -0.1) is 0 Å². The monoisotopic (exact) mass is 481 g/mol. The molecule has 0 spiro atoms. The van der Waals surface area contributed by atoms with Crippen molar-refractivity contribution in [1.82, 2.24) is 9.91 Å². The first-order valence-corrected chi connectivity index (χ1v) is 12.0. The minimum Gasteiger partial charge on any atom is -0.466 e. The van der Waals surface area contributed by atoms with Gasteiger partial charge in [0.05, 0.1) is 30.8 Å². The number of halogens is 1. The fraction of sp³-hybridized carbons (Fsp3) is 0.423. The number of piperidine rings is 1. The number of hydrogen-bond donors (Lipinski definition) is 0. The van der Waals surface area contributed by atoms with E-state index < -0.39 is 6.04 Å². The van der Waals surface area contributed by atoms with Crippen molar-refractivity contribution in [2.45, 2.75) is 32.2 Å². The Kier molecular flexibility index (Phi) is 6.68. The first-order valence-electron chi connectivity index (χ1n) is 12.0. The lowest BCUT2D eigenvalue weighted by Gasteiger charge is -2.32. The molecule has 35 heavy (non-hydrogen) atoms. The molecule has 2 aromatic carbocycles. The first kappa shape index (κ1) is 23.3. The Hall–Kier alpha value is -3.46. The van der Waals surface area contributed by atoms with Crippen molar-refractivity contribution in [2.75, 3.05) is 33.0 Å². The van der Waals surface area contributed by atoms with E-state index in [1.54, 1.807) is 25.1 Å². The third-order valence-electron chi connectivity index (χ3n) is 6.62. The summed E-state index contributed by atoms with van der Waals surface area (Å²) in [7, 11) is 0. The van der Waals surface area contributed by atoms with Gasteiger partial charge in [-0.1, -0.05) is 24.3 Å². The molecule has 3 aliphatic heterocycles. The molecule has 0 unspecified atom stereocenters. The molecule has 3 aliphatic rings. The molecule has 8 nitrogen and oxygen atoms in total. The maximum Gasteiger partial charge on any atom is 0.310 e. The second-order valence-electron chi connectivity index (χ2n) is 8.92. The van der Waals surface area contributed by atoms with E-state index in [4.69, 9.17) is 14.2 Å². The second kappa shape index (κ2) is 10.0. The molecule has 0 radical (unpaired) electrons. The number of rotatable bonds is 6. The zero-order valence-electron chi connectivity index (χ0n) is 19.6. The van der Waals surface area contributed by atoms with Gasteiger partial charge < -0.3 is 14.2 Å². The normalized spacial score (nSPS) is 21.7. The summed E-state index contributed by atoms with van der Waals surface area (Å²) in [5, 5.41) is 6.04. The lowest BCUT2D eigenvalue weighted by Crippen LogP contribution is -2.44. The number of hydrazone groups is 1. The van der Waals surface area contributed by atoms with Gasteiger partial charge in [0, 0.05) is 18.5 Å². The van der Waals surface area contributed by atoms with Crippen LogP contribution < -0.4 is 9.47 Å². The Morgan fingerprint density at radius 2 is 2.00 bits per heavy atom. The number of benzene rings is 2. The molecule has 2 aromatic rings. The SMILES string of the molecule is CCOC(=O)[C@@H]1CCCN(CC(=O)N2N=C(c3ccccc3F)C[C@H]2c2ccc3c(c2)OCO3)C1. The molecule has 3 heterocycles. The number of carbonyl (C=O) groups is 2. The lowest BCUT2D eigenvalue weighted by molar-refractivity contribution is -0.150. The van der Waals surface area contributed by atoms with Crippen LogP contribution in [0.3, 0.4) is 0 Å². The van der Waals surface area contributed by atoms with E-state index >= 15 is 0 Å². The molecule has 0 bridgehead atoms. The topological polar surface area (TPSA) is 80.7 Å². The summed E-state index contributed by atoms with van der Waals surface area (Å²) in [4.78, 5) is 27.7. The summed E-state index contributed by atoms with van der Waals surface area (Å²) >= 11 is 0. The van der Waals surface area contributed by atoms with Gasteiger partial charge in [0.2, 0.25) is 6.79 Å². The highest BCUT2D eigenvalue weighted by Gasteiger charge is 2.36. The molecule has 1 amide bonds. The first-order chi connectivity index (χ1) is 17.0. The van der Waals surface area contributed by atoms with Crippen LogP contribution in [0, 0.1) is 11.7 Å². The van der Waals surface area contributed by atoms with E-state index in [0.717, 1.165) is 18.4 Å². The number of nitrogens with zero attached hydrogens (tertiary/aromatic N) is 3. The fourth-order valence-corrected chi connectivity index (χ4v) is 4.89. The third-order valence-corrected chi connectivity index (χ3v) is 6.62.